The van der Waals surface area contributed by atoms with Gasteiger partial charge < -0.3 is 14.8 Å². The number of piperazine rings is 1. The maximum atomic E-state index is 6.24. The van der Waals surface area contributed by atoms with Crippen LogP contribution in [0.1, 0.15) is 41.1 Å². The number of hydrogen-bond donors (Lipinski definition) is 1. The van der Waals surface area contributed by atoms with Gasteiger partial charge in [-0.25, -0.2) is 0 Å². The number of rotatable bonds is 6. The highest BCUT2D eigenvalue weighted by Crippen LogP contribution is 2.38. The van der Waals surface area contributed by atoms with E-state index in [1.54, 1.807) is 0 Å². The second-order valence-corrected chi connectivity index (χ2v) is 8.44. The Hall–Kier alpha value is -1.88. The minimum atomic E-state index is 0.474. The minimum Gasteiger partial charge on any atom is -0.488 e. The lowest BCUT2D eigenvalue weighted by molar-refractivity contribution is 0.0212. The van der Waals surface area contributed by atoms with Crippen LogP contribution in [0.3, 0.4) is 0 Å². The van der Waals surface area contributed by atoms with Crippen molar-refractivity contribution >= 4 is 0 Å². The van der Waals surface area contributed by atoms with Crippen molar-refractivity contribution in [1.29, 1.82) is 0 Å². The molecule has 0 radical (unpaired) electrons. The quantitative estimate of drug-likeness (QED) is 0.794. The third-order valence-corrected chi connectivity index (χ3v) is 6.31. The van der Waals surface area contributed by atoms with E-state index in [4.69, 9.17) is 9.47 Å². The highest BCUT2D eigenvalue weighted by molar-refractivity contribution is 5.44. The van der Waals surface area contributed by atoms with Crippen molar-refractivity contribution in [3.05, 3.63) is 64.7 Å². The first-order valence-corrected chi connectivity index (χ1v) is 11.0. The van der Waals surface area contributed by atoms with Crippen molar-refractivity contribution in [2.24, 2.45) is 5.92 Å². The number of hydrogen-bond acceptors (Lipinski definition) is 4. The summed E-state index contributed by atoms with van der Waals surface area (Å²) in [7, 11) is 0. The Kier molecular flexibility index (Phi) is 6.86. The monoisotopic (exact) mass is 394 g/mol. The maximum absolute atomic E-state index is 6.24. The predicted molar refractivity (Wildman–Crippen MR) is 117 cm³/mol. The molecule has 2 aliphatic heterocycles. The van der Waals surface area contributed by atoms with Crippen LogP contribution in [-0.4, -0.2) is 44.3 Å². The topological polar surface area (TPSA) is 33.7 Å². The fourth-order valence-electron chi connectivity index (χ4n) is 4.88. The van der Waals surface area contributed by atoms with Gasteiger partial charge in [-0.15, -0.1) is 0 Å². The van der Waals surface area contributed by atoms with E-state index in [9.17, 15) is 0 Å². The van der Waals surface area contributed by atoms with Gasteiger partial charge in [0.2, 0.25) is 0 Å². The van der Waals surface area contributed by atoms with Crippen LogP contribution >= 0.6 is 0 Å². The van der Waals surface area contributed by atoms with Gasteiger partial charge in [-0.05, 0) is 54.9 Å². The van der Waals surface area contributed by atoms with E-state index >= 15 is 0 Å². The maximum Gasteiger partial charge on any atom is 0.125 e. The van der Waals surface area contributed by atoms with Crippen molar-refractivity contribution in [2.45, 2.75) is 39.3 Å². The predicted octanol–water partition coefficient (Wildman–Crippen LogP) is 4.26. The van der Waals surface area contributed by atoms with Gasteiger partial charge in [-0.1, -0.05) is 42.5 Å². The molecule has 0 spiro atoms. The van der Waals surface area contributed by atoms with Gasteiger partial charge in [0.1, 0.15) is 12.4 Å². The van der Waals surface area contributed by atoms with Gasteiger partial charge in [-0.3, -0.25) is 4.90 Å². The molecule has 2 aliphatic rings. The first-order valence-electron chi connectivity index (χ1n) is 11.0. The minimum absolute atomic E-state index is 0.474. The molecule has 0 saturated carbocycles. The zero-order valence-electron chi connectivity index (χ0n) is 17.8. The van der Waals surface area contributed by atoms with E-state index in [0.717, 1.165) is 58.0 Å². The molecule has 4 heteroatoms. The smallest absolute Gasteiger partial charge is 0.125 e. The Bertz CT molecular complexity index is 740. The zero-order valence-corrected chi connectivity index (χ0v) is 17.8. The van der Waals surface area contributed by atoms with E-state index in [1.807, 2.05) is 6.07 Å². The van der Waals surface area contributed by atoms with Gasteiger partial charge >= 0.3 is 0 Å². The summed E-state index contributed by atoms with van der Waals surface area (Å²) in [6.45, 7) is 11.2. The molecule has 0 bridgehead atoms. The van der Waals surface area contributed by atoms with Crippen molar-refractivity contribution in [3.8, 4) is 5.75 Å². The molecule has 2 aromatic carbocycles. The molecule has 0 amide bonds. The van der Waals surface area contributed by atoms with Gasteiger partial charge in [0.15, 0.2) is 0 Å². The molecular formula is C25H34N2O2. The Morgan fingerprint density at radius 3 is 2.34 bits per heavy atom. The third-order valence-electron chi connectivity index (χ3n) is 6.31. The van der Waals surface area contributed by atoms with Crippen LogP contribution in [0.2, 0.25) is 0 Å². The Morgan fingerprint density at radius 1 is 1.03 bits per heavy atom. The second-order valence-electron chi connectivity index (χ2n) is 8.44. The molecule has 2 aromatic rings. The van der Waals surface area contributed by atoms with Crippen LogP contribution in [0.4, 0.5) is 0 Å². The van der Waals surface area contributed by atoms with Crippen molar-refractivity contribution in [2.75, 3.05) is 39.4 Å². The van der Waals surface area contributed by atoms with Crippen LogP contribution in [-0.2, 0) is 11.3 Å². The molecule has 4 rings (SSSR count). The van der Waals surface area contributed by atoms with Crippen LogP contribution in [0.5, 0.6) is 5.75 Å². The Balaban J connectivity index is 1.57. The first-order chi connectivity index (χ1) is 14.2. The molecule has 4 nitrogen and oxygen atoms in total. The molecule has 0 aromatic heterocycles. The largest absolute Gasteiger partial charge is 0.488 e. The summed E-state index contributed by atoms with van der Waals surface area (Å²) >= 11 is 0. The Morgan fingerprint density at radius 2 is 1.69 bits per heavy atom. The van der Waals surface area contributed by atoms with Crippen LogP contribution in [0.15, 0.2) is 42.5 Å². The molecule has 2 fully saturated rings. The third kappa shape index (κ3) is 5.00. The fourth-order valence-corrected chi connectivity index (χ4v) is 4.88. The van der Waals surface area contributed by atoms with Gasteiger partial charge in [0, 0.05) is 45.4 Å². The van der Waals surface area contributed by atoms with Crippen molar-refractivity contribution < 1.29 is 9.47 Å². The van der Waals surface area contributed by atoms with Crippen LogP contribution < -0.4 is 10.1 Å². The SMILES string of the molecule is Cc1cc([C@@H](C2CCOCC2)N2CCNCC2)cc(C)c1OCc1ccccc1. The number of aryl methyl sites for hydroxylation is 2. The Labute approximate surface area is 175 Å². The molecule has 2 heterocycles. The molecule has 0 unspecified atom stereocenters. The van der Waals surface area contributed by atoms with E-state index in [0.29, 0.717) is 18.6 Å². The van der Waals surface area contributed by atoms with Gasteiger partial charge in [-0.2, -0.15) is 0 Å². The molecule has 0 aliphatic carbocycles. The van der Waals surface area contributed by atoms with E-state index < -0.39 is 0 Å². The number of benzene rings is 2. The summed E-state index contributed by atoms with van der Waals surface area (Å²) in [6.07, 6.45) is 2.30. The molecule has 1 N–H and O–H groups in total. The highest BCUT2D eigenvalue weighted by atomic mass is 16.5. The summed E-state index contributed by atoms with van der Waals surface area (Å²) in [6, 6.07) is 15.6. The highest BCUT2D eigenvalue weighted by Gasteiger charge is 2.31. The normalized spacial score (nSPS) is 19.8. The lowest BCUT2D eigenvalue weighted by atomic mass is 9.84. The standard InChI is InChI=1S/C25H34N2O2/c1-19-16-23(17-20(2)25(19)29-18-21-6-4-3-5-7-21)24(22-8-14-28-15-9-22)27-12-10-26-11-13-27/h3-7,16-17,22,24,26H,8-15,18H2,1-2H3/t24-/m1/s1. The van der Waals surface area contributed by atoms with Crippen molar-refractivity contribution in [1.82, 2.24) is 10.2 Å². The zero-order chi connectivity index (χ0) is 20.1. The average Bonchev–Trinajstić information content (AvgIpc) is 2.76. The van der Waals surface area contributed by atoms with E-state index in [1.165, 1.54) is 22.3 Å². The lowest BCUT2D eigenvalue weighted by Gasteiger charge is -2.41. The summed E-state index contributed by atoms with van der Waals surface area (Å²) in [5.41, 5.74) is 5.13. The summed E-state index contributed by atoms with van der Waals surface area (Å²) < 4.78 is 11.9. The van der Waals surface area contributed by atoms with Crippen molar-refractivity contribution in [3.63, 3.8) is 0 Å². The van der Waals surface area contributed by atoms with Gasteiger partial charge in [0.25, 0.3) is 0 Å². The van der Waals surface area contributed by atoms with E-state index in [-0.39, 0.29) is 0 Å². The molecular weight excluding hydrogens is 360 g/mol. The number of nitrogens with zero attached hydrogens (tertiary/aromatic N) is 1. The van der Waals surface area contributed by atoms with Crippen LogP contribution in [0, 0.1) is 19.8 Å². The number of ether oxygens (including phenoxy) is 2. The fraction of sp³-hybridized carbons (Fsp3) is 0.520. The van der Waals surface area contributed by atoms with Gasteiger partial charge in [0.05, 0.1) is 0 Å². The summed E-state index contributed by atoms with van der Waals surface area (Å²) in [5.74, 6) is 1.69. The molecule has 2 saturated heterocycles. The summed E-state index contributed by atoms with van der Waals surface area (Å²) in [5, 5.41) is 3.50. The average molecular weight is 395 g/mol. The lowest BCUT2D eigenvalue weighted by Crippen LogP contribution is -2.47. The first kappa shape index (κ1) is 20.4. The molecule has 1 atom stereocenters. The second kappa shape index (κ2) is 9.75. The summed E-state index contributed by atoms with van der Waals surface area (Å²) in [4.78, 5) is 2.69. The van der Waals surface area contributed by atoms with E-state index in [2.05, 4.69) is 60.5 Å². The molecule has 156 valence electrons. The molecule has 29 heavy (non-hydrogen) atoms. The number of nitrogens with one attached hydrogen (secondary N) is 1. The van der Waals surface area contributed by atoms with Crippen LogP contribution in [0.25, 0.3) is 0 Å².